The van der Waals surface area contributed by atoms with E-state index in [1.165, 1.54) is 24.3 Å². The number of halogens is 2. The molecule has 0 bridgehead atoms. The zero-order chi connectivity index (χ0) is 23.2. The number of benzene rings is 2. The number of piperidine rings is 1. The first-order valence-corrected chi connectivity index (χ1v) is 12.0. The smallest absolute Gasteiger partial charge is 0.265 e. The Morgan fingerprint density at radius 3 is 2.30 bits per heavy atom. The van der Waals surface area contributed by atoms with Gasteiger partial charge in [0.25, 0.3) is 5.91 Å². The highest BCUT2D eigenvalue weighted by Crippen LogP contribution is 2.37. The van der Waals surface area contributed by atoms with Crippen molar-refractivity contribution in [3.8, 4) is 17.6 Å². The Kier molecular flexibility index (Phi) is 9.58. The number of nitrogens with one attached hydrogen (secondary N) is 1. The SMILES string of the molecule is CC#CCOc1ccc(S(=O)(=O)C2(C(=O)NO)CCN(Cc3ccc(Cl)cc3)CC2)cc1.Cl. The molecule has 0 aromatic heterocycles. The molecule has 1 aliphatic rings. The molecular weight excluding hydrogens is 487 g/mol. The van der Waals surface area contributed by atoms with Crippen LogP contribution < -0.4 is 10.2 Å². The molecule has 0 aliphatic carbocycles. The lowest BCUT2D eigenvalue weighted by Gasteiger charge is -2.39. The van der Waals surface area contributed by atoms with Crippen molar-refractivity contribution >= 4 is 39.8 Å². The Morgan fingerprint density at radius 2 is 1.76 bits per heavy atom. The van der Waals surface area contributed by atoms with E-state index in [1.807, 2.05) is 12.1 Å². The third kappa shape index (κ3) is 5.99. The molecule has 7 nitrogen and oxygen atoms in total. The first-order valence-electron chi connectivity index (χ1n) is 10.1. The molecule has 10 heteroatoms. The van der Waals surface area contributed by atoms with Gasteiger partial charge in [-0.15, -0.1) is 18.3 Å². The number of carbonyl (C=O) groups is 1. The highest BCUT2D eigenvalue weighted by molar-refractivity contribution is 7.93. The van der Waals surface area contributed by atoms with Crippen LogP contribution in [0.15, 0.2) is 53.4 Å². The van der Waals surface area contributed by atoms with Gasteiger partial charge in [-0.3, -0.25) is 14.9 Å². The summed E-state index contributed by atoms with van der Waals surface area (Å²) in [5.74, 6) is 5.04. The van der Waals surface area contributed by atoms with Crippen LogP contribution in [0.3, 0.4) is 0 Å². The minimum absolute atomic E-state index is 0. The van der Waals surface area contributed by atoms with Crippen LogP contribution in [0, 0.1) is 11.8 Å². The second kappa shape index (κ2) is 11.7. The molecule has 0 atom stereocenters. The molecule has 0 radical (unpaired) electrons. The normalized spacial score (nSPS) is 15.5. The van der Waals surface area contributed by atoms with Crippen molar-refractivity contribution in [2.75, 3.05) is 19.7 Å². The summed E-state index contributed by atoms with van der Waals surface area (Å²) in [6, 6.07) is 13.3. The lowest BCUT2D eigenvalue weighted by atomic mass is 9.94. The molecule has 2 aromatic carbocycles. The van der Waals surface area contributed by atoms with Gasteiger partial charge >= 0.3 is 0 Å². The average molecular weight is 513 g/mol. The summed E-state index contributed by atoms with van der Waals surface area (Å²) in [5, 5.41) is 9.98. The van der Waals surface area contributed by atoms with Crippen molar-refractivity contribution in [3.63, 3.8) is 0 Å². The molecule has 1 aliphatic heterocycles. The van der Waals surface area contributed by atoms with Crippen LogP contribution in [-0.2, 0) is 21.2 Å². The minimum atomic E-state index is -4.08. The molecule has 33 heavy (non-hydrogen) atoms. The van der Waals surface area contributed by atoms with E-state index < -0.39 is 20.5 Å². The Hall–Kier alpha value is -2.28. The standard InChI is InChI=1S/C23H25ClN2O5S.ClH/c1-2-3-16-31-20-8-10-21(11-9-20)32(29,30)23(22(27)25-28)12-14-26(15-13-23)17-18-4-6-19(24)7-5-18;/h4-11,28H,12-17H2,1H3,(H,25,27);1H. The number of sulfone groups is 1. The van der Waals surface area contributed by atoms with E-state index in [9.17, 15) is 18.4 Å². The van der Waals surface area contributed by atoms with E-state index in [2.05, 4.69) is 16.7 Å². The van der Waals surface area contributed by atoms with E-state index in [-0.39, 0.29) is 36.8 Å². The van der Waals surface area contributed by atoms with Gasteiger partial charge in [0.2, 0.25) is 0 Å². The number of hydrogen-bond acceptors (Lipinski definition) is 6. The lowest BCUT2D eigenvalue weighted by Crippen LogP contribution is -2.57. The van der Waals surface area contributed by atoms with Gasteiger partial charge in [0.15, 0.2) is 14.6 Å². The third-order valence-corrected chi connectivity index (χ3v) is 8.40. The first kappa shape index (κ1) is 27.0. The third-order valence-electron chi connectivity index (χ3n) is 5.63. The number of hydrogen-bond donors (Lipinski definition) is 2. The fourth-order valence-corrected chi connectivity index (χ4v) is 5.85. The van der Waals surface area contributed by atoms with Crippen LogP contribution in [0.2, 0.25) is 5.02 Å². The molecule has 0 spiro atoms. The molecule has 1 fully saturated rings. The highest BCUT2D eigenvalue weighted by atomic mass is 35.5. The van der Waals surface area contributed by atoms with Crippen molar-refractivity contribution in [1.29, 1.82) is 0 Å². The van der Waals surface area contributed by atoms with Gasteiger partial charge in [-0.25, -0.2) is 13.9 Å². The van der Waals surface area contributed by atoms with Crippen molar-refractivity contribution in [1.82, 2.24) is 10.4 Å². The number of ether oxygens (including phenoxy) is 1. The van der Waals surface area contributed by atoms with E-state index in [0.29, 0.717) is 30.4 Å². The van der Waals surface area contributed by atoms with Crippen molar-refractivity contribution in [2.45, 2.75) is 36.0 Å². The molecule has 0 saturated carbocycles. The van der Waals surface area contributed by atoms with Gasteiger partial charge in [0, 0.05) is 24.7 Å². The van der Waals surface area contributed by atoms with Gasteiger partial charge in [-0.1, -0.05) is 29.7 Å². The van der Waals surface area contributed by atoms with Crippen molar-refractivity contribution < 1.29 is 23.2 Å². The van der Waals surface area contributed by atoms with Crippen LogP contribution in [0.4, 0.5) is 0 Å². The number of carbonyl (C=O) groups excluding carboxylic acids is 1. The minimum Gasteiger partial charge on any atom is -0.481 e. The summed E-state index contributed by atoms with van der Waals surface area (Å²) in [6.07, 6.45) is 0.110. The van der Waals surface area contributed by atoms with Gasteiger partial charge in [0.05, 0.1) is 4.90 Å². The van der Waals surface area contributed by atoms with Crippen molar-refractivity contribution in [2.24, 2.45) is 0 Å². The Balaban J connectivity index is 0.00000385. The molecule has 1 saturated heterocycles. The lowest BCUT2D eigenvalue weighted by molar-refractivity contribution is -0.133. The first-order chi connectivity index (χ1) is 15.3. The van der Waals surface area contributed by atoms with E-state index in [4.69, 9.17) is 16.3 Å². The Morgan fingerprint density at radius 1 is 1.15 bits per heavy atom. The number of amides is 1. The van der Waals surface area contributed by atoms with Crippen LogP contribution in [0.5, 0.6) is 5.75 Å². The maximum Gasteiger partial charge on any atom is 0.265 e. The summed E-state index contributed by atoms with van der Waals surface area (Å²) in [7, 11) is -4.08. The van der Waals surface area contributed by atoms with Gasteiger partial charge < -0.3 is 4.74 Å². The fraction of sp³-hybridized carbons (Fsp3) is 0.348. The molecule has 2 N–H and O–H groups in total. The van der Waals surface area contributed by atoms with E-state index >= 15 is 0 Å². The molecule has 0 unspecified atom stereocenters. The number of hydroxylamine groups is 1. The summed E-state index contributed by atoms with van der Waals surface area (Å²) >= 11 is 5.93. The van der Waals surface area contributed by atoms with Gasteiger partial charge in [-0.2, -0.15) is 0 Å². The summed E-state index contributed by atoms with van der Waals surface area (Å²) in [5.41, 5.74) is 2.62. The van der Waals surface area contributed by atoms with Gasteiger partial charge in [0.1, 0.15) is 12.4 Å². The molecule has 2 aromatic rings. The molecular formula is C23H26Cl2N2O5S. The fourth-order valence-electron chi connectivity index (χ4n) is 3.77. The quantitative estimate of drug-likeness (QED) is 0.335. The largest absolute Gasteiger partial charge is 0.481 e. The maximum atomic E-state index is 13.5. The zero-order valence-electron chi connectivity index (χ0n) is 18.1. The topological polar surface area (TPSA) is 95.9 Å². The molecule has 1 amide bonds. The number of likely N-dealkylation sites (tertiary alicyclic amines) is 1. The molecule has 1 heterocycles. The van der Waals surface area contributed by atoms with E-state index in [0.717, 1.165) is 5.56 Å². The van der Waals surface area contributed by atoms with Crippen LogP contribution >= 0.6 is 24.0 Å². The Labute approximate surface area is 205 Å². The van der Waals surface area contributed by atoms with E-state index in [1.54, 1.807) is 24.5 Å². The molecule has 3 rings (SSSR count). The van der Waals surface area contributed by atoms with Crippen molar-refractivity contribution in [3.05, 3.63) is 59.1 Å². The van der Waals surface area contributed by atoms with Crippen LogP contribution in [0.25, 0.3) is 0 Å². The monoisotopic (exact) mass is 512 g/mol. The molecule has 178 valence electrons. The zero-order valence-corrected chi connectivity index (χ0v) is 20.5. The maximum absolute atomic E-state index is 13.5. The van der Waals surface area contributed by atoms with Crippen LogP contribution in [-0.4, -0.2) is 48.9 Å². The number of rotatable bonds is 7. The van der Waals surface area contributed by atoms with Crippen LogP contribution in [0.1, 0.15) is 25.3 Å². The average Bonchev–Trinajstić information content (AvgIpc) is 2.81. The second-order valence-corrected chi connectivity index (χ2v) is 10.2. The summed E-state index contributed by atoms with van der Waals surface area (Å²) in [6.45, 7) is 3.27. The Bertz CT molecular complexity index is 1100. The second-order valence-electron chi connectivity index (χ2n) is 7.53. The van der Waals surface area contributed by atoms with Gasteiger partial charge in [-0.05, 0) is 61.7 Å². The predicted octanol–water partition coefficient (Wildman–Crippen LogP) is 3.48. The summed E-state index contributed by atoms with van der Waals surface area (Å²) < 4.78 is 30.7. The predicted molar refractivity (Wildman–Crippen MR) is 128 cm³/mol. The number of nitrogens with zero attached hydrogens (tertiary/aromatic N) is 1. The highest BCUT2D eigenvalue weighted by Gasteiger charge is 2.52. The summed E-state index contributed by atoms with van der Waals surface area (Å²) in [4.78, 5) is 14.7.